The summed E-state index contributed by atoms with van der Waals surface area (Å²) in [6.07, 6.45) is 3.42. The molecule has 4 rings (SSSR count). The molecule has 0 bridgehead atoms. The van der Waals surface area contributed by atoms with Crippen LogP contribution in [0.3, 0.4) is 0 Å². The Morgan fingerprint density at radius 1 is 0.941 bits per heavy atom. The fourth-order valence-electron chi connectivity index (χ4n) is 3.27. The van der Waals surface area contributed by atoms with Gasteiger partial charge >= 0.3 is 5.97 Å². The number of aromatic nitrogens is 4. The van der Waals surface area contributed by atoms with Crippen molar-refractivity contribution in [3.63, 3.8) is 0 Å². The van der Waals surface area contributed by atoms with E-state index in [1.807, 2.05) is 71.1 Å². The van der Waals surface area contributed by atoms with Crippen LogP contribution in [0.2, 0.25) is 0 Å². The molecule has 0 amide bonds. The van der Waals surface area contributed by atoms with Gasteiger partial charge in [-0.1, -0.05) is 33.8 Å². The largest absolute Gasteiger partial charge is 0.464 e. The molecule has 1 N–H and O–H groups in total. The number of methoxy groups -OCH3 is 2. The molecule has 8 nitrogen and oxygen atoms in total. The molecule has 0 aliphatic heterocycles. The lowest BCUT2D eigenvalue weighted by Crippen LogP contribution is -2.07. The first kappa shape index (κ1) is 26.5. The smallest absolute Gasteiger partial charge is 0.354 e. The molecule has 0 fully saturated rings. The molecule has 8 heteroatoms. The fraction of sp³-hybridized carbons (Fsp3) is 0.308. The highest BCUT2D eigenvalue weighted by Gasteiger charge is 2.14. The lowest BCUT2D eigenvalue weighted by atomic mass is 10.2. The van der Waals surface area contributed by atoms with Gasteiger partial charge in [0.2, 0.25) is 5.95 Å². The van der Waals surface area contributed by atoms with E-state index in [4.69, 9.17) is 9.47 Å². The number of carbonyl (C=O) groups is 1. The number of anilines is 2. The topological polar surface area (TPSA) is 91.2 Å². The lowest BCUT2D eigenvalue weighted by Gasteiger charge is -2.08. The number of carbonyl (C=O) groups excluding carboxylic acids is 1. The Morgan fingerprint density at radius 2 is 1.68 bits per heavy atom. The summed E-state index contributed by atoms with van der Waals surface area (Å²) in [6.45, 7) is 8.51. The standard InChI is InChI=1S/C22H21N5O3.2C2H6/c1-27-19-12-16(5-4-15(19)11-20(27)21(28)30-3)25-22-24-9-7-17(26-22)18-10-14(13-29-2)6-8-23-18;2*1-2/h4-12H,13H2,1-3H3,(H,24,25,26);2*1-2H3. The van der Waals surface area contributed by atoms with E-state index in [0.29, 0.717) is 23.9 Å². The maximum absolute atomic E-state index is 11.9. The number of rotatable bonds is 6. The van der Waals surface area contributed by atoms with Crippen molar-refractivity contribution in [3.05, 3.63) is 66.1 Å². The second-order valence-electron chi connectivity index (χ2n) is 6.73. The molecule has 3 aromatic heterocycles. The van der Waals surface area contributed by atoms with Gasteiger partial charge in [-0.25, -0.2) is 14.8 Å². The third-order valence-electron chi connectivity index (χ3n) is 4.75. The van der Waals surface area contributed by atoms with Crippen LogP contribution < -0.4 is 5.32 Å². The Kier molecular flexibility index (Phi) is 10.2. The number of pyridine rings is 1. The monoisotopic (exact) mass is 463 g/mol. The summed E-state index contributed by atoms with van der Waals surface area (Å²) < 4.78 is 11.8. The first-order valence-corrected chi connectivity index (χ1v) is 11.3. The maximum Gasteiger partial charge on any atom is 0.354 e. The number of nitrogens with one attached hydrogen (secondary N) is 1. The van der Waals surface area contributed by atoms with Gasteiger partial charge in [0.15, 0.2) is 0 Å². The predicted octanol–water partition coefficient (Wildman–Crippen LogP) is 5.76. The minimum atomic E-state index is -0.373. The van der Waals surface area contributed by atoms with E-state index in [0.717, 1.165) is 27.8 Å². The van der Waals surface area contributed by atoms with Crippen LogP contribution in [0.15, 0.2) is 54.9 Å². The Labute approximate surface area is 201 Å². The second kappa shape index (κ2) is 13.1. The molecule has 0 saturated heterocycles. The van der Waals surface area contributed by atoms with Gasteiger partial charge < -0.3 is 19.4 Å². The zero-order valence-corrected chi connectivity index (χ0v) is 20.9. The van der Waals surface area contributed by atoms with E-state index >= 15 is 0 Å². The van der Waals surface area contributed by atoms with Crippen LogP contribution in [0.4, 0.5) is 11.6 Å². The van der Waals surface area contributed by atoms with E-state index in [1.54, 1.807) is 30.1 Å². The van der Waals surface area contributed by atoms with Gasteiger partial charge in [-0.3, -0.25) is 4.98 Å². The van der Waals surface area contributed by atoms with Gasteiger partial charge in [0.1, 0.15) is 5.69 Å². The van der Waals surface area contributed by atoms with Crippen molar-refractivity contribution in [1.82, 2.24) is 19.5 Å². The number of hydrogen-bond acceptors (Lipinski definition) is 7. The molecule has 3 heterocycles. The Morgan fingerprint density at radius 3 is 2.38 bits per heavy atom. The van der Waals surface area contributed by atoms with Crippen molar-refractivity contribution in [2.75, 3.05) is 19.5 Å². The van der Waals surface area contributed by atoms with Crippen molar-refractivity contribution >= 4 is 28.5 Å². The Balaban J connectivity index is 0.000000970. The molecule has 1 aromatic carbocycles. The number of nitrogens with zero attached hydrogens (tertiary/aromatic N) is 4. The van der Waals surface area contributed by atoms with Crippen molar-refractivity contribution in [1.29, 1.82) is 0 Å². The van der Waals surface area contributed by atoms with Gasteiger partial charge in [0.25, 0.3) is 0 Å². The van der Waals surface area contributed by atoms with Gasteiger partial charge in [-0.2, -0.15) is 0 Å². The van der Waals surface area contributed by atoms with E-state index in [-0.39, 0.29) is 5.97 Å². The van der Waals surface area contributed by atoms with Crippen molar-refractivity contribution in [3.8, 4) is 11.4 Å². The van der Waals surface area contributed by atoms with E-state index in [9.17, 15) is 4.79 Å². The van der Waals surface area contributed by atoms with Gasteiger partial charge in [-0.05, 0) is 42.0 Å². The Bertz CT molecular complexity index is 1220. The maximum atomic E-state index is 11.9. The molecule has 0 radical (unpaired) electrons. The van der Waals surface area contributed by atoms with E-state index in [2.05, 4.69) is 20.3 Å². The highest BCUT2D eigenvalue weighted by atomic mass is 16.5. The summed E-state index contributed by atoms with van der Waals surface area (Å²) in [5.74, 6) is 0.0793. The highest BCUT2D eigenvalue weighted by Crippen LogP contribution is 2.25. The zero-order chi connectivity index (χ0) is 25.1. The minimum absolute atomic E-state index is 0.373. The zero-order valence-electron chi connectivity index (χ0n) is 20.9. The van der Waals surface area contributed by atoms with Crippen LogP contribution in [0.1, 0.15) is 43.7 Å². The molecular weight excluding hydrogens is 430 g/mol. The average molecular weight is 464 g/mol. The normalized spacial score (nSPS) is 9.97. The lowest BCUT2D eigenvalue weighted by molar-refractivity contribution is 0.0590. The molecule has 0 aliphatic rings. The van der Waals surface area contributed by atoms with Gasteiger partial charge in [0.05, 0.1) is 30.6 Å². The van der Waals surface area contributed by atoms with E-state index in [1.165, 1.54) is 7.11 Å². The molecule has 0 saturated carbocycles. The van der Waals surface area contributed by atoms with Crippen LogP contribution in [0.5, 0.6) is 0 Å². The third kappa shape index (κ3) is 6.17. The summed E-state index contributed by atoms with van der Waals surface area (Å²) in [7, 11) is 4.86. The van der Waals surface area contributed by atoms with Crippen LogP contribution in [0, 0.1) is 0 Å². The quantitative estimate of drug-likeness (QED) is 0.364. The van der Waals surface area contributed by atoms with Crippen molar-refractivity contribution in [2.45, 2.75) is 34.3 Å². The first-order valence-electron chi connectivity index (χ1n) is 11.3. The molecular formula is C26H33N5O3. The summed E-state index contributed by atoms with van der Waals surface area (Å²) in [6, 6.07) is 13.3. The predicted molar refractivity (Wildman–Crippen MR) is 136 cm³/mol. The van der Waals surface area contributed by atoms with Crippen LogP contribution in [0.25, 0.3) is 22.3 Å². The fourth-order valence-corrected chi connectivity index (χ4v) is 3.27. The number of esters is 1. The number of fused-ring (bicyclic) bond motifs is 1. The Hall–Kier alpha value is -3.78. The number of aryl methyl sites for hydroxylation is 1. The van der Waals surface area contributed by atoms with Crippen LogP contribution in [-0.2, 0) is 23.1 Å². The summed E-state index contributed by atoms with van der Waals surface area (Å²) in [5, 5.41) is 4.16. The van der Waals surface area contributed by atoms with Gasteiger partial charge in [0, 0.05) is 37.6 Å². The summed E-state index contributed by atoms with van der Waals surface area (Å²) in [4.78, 5) is 25.2. The number of benzene rings is 1. The molecule has 34 heavy (non-hydrogen) atoms. The van der Waals surface area contributed by atoms with E-state index < -0.39 is 0 Å². The summed E-state index contributed by atoms with van der Waals surface area (Å²) >= 11 is 0. The van der Waals surface area contributed by atoms with Crippen LogP contribution >= 0.6 is 0 Å². The molecule has 0 atom stereocenters. The SMILES string of the molecule is CC.CC.COCc1ccnc(-c2ccnc(Nc3ccc4cc(C(=O)OC)n(C)c4c3)n2)c1. The van der Waals surface area contributed by atoms with Gasteiger partial charge in [-0.15, -0.1) is 0 Å². The molecule has 0 spiro atoms. The third-order valence-corrected chi connectivity index (χ3v) is 4.75. The summed E-state index contributed by atoms with van der Waals surface area (Å²) in [5.41, 5.74) is 4.66. The molecule has 0 unspecified atom stereocenters. The van der Waals surface area contributed by atoms with Crippen molar-refractivity contribution in [2.24, 2.45) is 7.05 Å². The molecule has 0 aliphatic carbocycles. The number of hydrogen-bond donors (Lipinski definition) is 1. The molecule has 180 valence electrons. The molecule has 4 aromatic rings. The first-order chi connectivity index (χ1) is 16.6. The minimum Gasteiger partial charge on any atom is -0.464 e. The second-order valence-corrected chi connectivity index (χ2v) is 6.73. The van der Waals surface area contributed by atoms with Crippen molar-refractivity contribution < 1.29 is 14.3 Å². The highest BCUT2D eigenvalue weighted by molar-refractivity contribution is 5.96. The average Bonchev–Trinajstić information content (AvgIpc) is 3.22. The van der Waals surface area contributed by atoms with Crippen LogP contribution in [-0.4, -0.2) is 39.7 Å². The number of ether oxygens (including phenoxy) is 2.